The maximum Gasteiger partial charge on any atom is 0.306 e. The second kappa shape index (κ2) is 6.97. The number of hydrogen-bond donors (Lipinski definition) is 2. The molecule has 0 aliphatic carbocycles. The first kappa shape index (κ1) is 15.2. The van der Waals surface area contributed by atoms with Crippen molar-refractivity contribution < 1.29 is 9.90 Å². The average Bonchev–Trinajstić information content (AvgIpc) is 2.46. The highest BCUT2D eigenvalue weighted by atomic mass is 16.4. The molecule has 0 fully saturated rings. The van der Waals surface area contributed by atoms with E-state index >= 15 is 0 Å². The summed E-state index contributed by atoms with van der Waals surface area (Å²) in [7, 11) is 0. The average molecular weight is 288 g/mol. The van der Waals surface area contributed by atoms with Crippen LogP contribution < -0.4 is 5.32 Å². The Morgan fingerprint density at radius 1 is 1.24 bits per heavy atom. The number of carbonyl (C=O) groups is 1. The summed E-state index contributed by atoms with van der Waals surface area (Å²) >= 11 is 0. The molecule has 0 radical (unpaired) electrons. The van der Waals surface area contributed by atoms with Crippen molar-refractivity contribution in [2.75, 3.05) is 5.32 Å². The van der Waals surface area contributed by atoms with Crippen molar-refractivity contribution >= 4 is 23.0 Å². The lowest BCUT2D eigenvalue weighted by molar-refractivity contribution is -0.141. The highest BCUT2D eigenvalue weighted by Gasteiger charge is 2.11. The molecule has 2 N–H and O–H groups in total. The summed E-state index contributed by atoms with van der Waals surface area (Å²) in [5.74, 6) is -0.251. The zero-order valence-corrected chi connectivity index (χ0v) is 12.3. The van der Waals surface area contributed by atoms with Gasteiger partial charge in [0.1, 0.15) is 11.3 Å². The number of carboxylic acids is 1. The van der Waals surface area contributed by atoms with Gasteiger partial charge in [-0.15, -0.1) is 0 Å². The van der Waals surface area contributed by atoms with Crippen LogP contribution in [0.3, 0.4) is 0 Å². The van der Waals surface area contributed by atoms with Crippen LogP contribution in [0.2, 0.25) is 0 Å². The topological polar surface area (TPSA) is 88.0 Å². The second-order valence-electron chi connectivity index (χ2n) is 5.31. The minimum absolute atomic E-state index is 0.229. The Labute approximate surface area is 123 Å². The van der Waals surface area contributed by atoms with Gasteiger partial charge in [0.05, 0.1) is 5.92 Å². The number of rotatable bonds is 7. The van der Waals surface area contributed by atoms with Gasteiger partial charge in [0.2, 0.25) is 0 Å². The van der Waals surface area contributed by atoms with Crippen LogP contribution in [0, 0.1) is 5.92 Å². The smallest absolute Gasteiger partial charge is 0.306 e. The summed E-state index contributed by atoms with van der Waals surface area (Å²) < 4.78 is 0. The van der Waals surface area contributed by atoms with E-state index in [4.69, 9.17) is 5.11 Å². The number of pyridine rings is 1. The fourth-order valence-electron chi connectivity index (χ4n) is 2.11. The predicted molar refractivity (Wildman–Crippen MR) is 81.1 cm³/mol. The van der Waals surface area contributed by atoms with Gasteiger partial charge in [-0.2, -0.15) is 0 Å². The van der Waals surface area contributed by atoms with E-state index in [1.54, 1.807) is 19.3 Å². The maximum atomic E-state index is 10.8. The highest BCUT2D eigenvalue weighted by Crippen LogP contribution is 2.14. The molecule has 2 atom stereocenters. The molecule has 0 aliphatic heterocycles. The molecule has 2 aromatic rings. The van der Waals surface area contributed by atoms with Gasteiger partial charge in [-0.3, -0.25) is 9.78 Å². The van der Waals surface area contributed by atoms with Crippen LogP contribution in [-0.4, -0.2) is 32.1 Å². The third kappa shape index (κ3) is 4.37. The minimum atomic E-state index is -0.731. The van der Waals surface area contributed by atoms with Crippen LogP contribution in [0.4, 0.5) is 5.82 Å². The molecule has 2 heterocycles. The number of aromatic nitrogens is 3. The lowest BCUT2D eigenvalue weighted by atomic mass is 10.0. The van der Waals surface area contributed by atoms with E-state index in [1.807, 2.05) is 12.1 Å². The molecule has 0 spiro atoms. The van der Waals surface area contributed by atoms with Crippen LogP contribution >= 0.6 is 0 Å². The molecule has 0 aromatic carbocycles. The third-order valence-electron chi connectivity index (χ3n) is 3.42. The number of carboxylic acid groups (broad SMARTS) is 1. The molecule has 0 saturated heterocycles. The van der Waals surface area contributed by atoms with Gasteiger partial charge in [-0.1, -0.05) is 13.3 Å². The molecular formula is C15H20N4O2. The van der Waals surface area contributed by atoms with E-state index in [0.29, 0.717) is 12.1 Å². The van der Waals surface area contributed by atoms with Gasteiger partial charge in [0, 0.05) is 18.4 Å². The van der Waals surface area contributed by atoms with Crippen LogP contribution in [0.1, 0.15) is 33.1 Å². The molecule has 2 rings (SSSR count). The van der Waals surface area contributed by atoms with Gasteiger partial charge >= 0.3 is 5.97 Å². The van der Waals surface area contributed by atoms with E-state index in [2.05, 4.69) is 27.2 Å². The third-order valence-corrected chi connectivity index (χ3v) is 3.42. The molecule has 2 aromatic heterocycles. The quantitative estimate of drug-likeness (QED) is 0.814. The Kier molecular flexibility index (Phi) is 5.03. The number of nitrogens with one attached hydrogen (secondary N) is 1. The van der Waals surface area contributed by atoms with Gasteiger partial charge < -0.3 is 10.4 Å². The molecule has 6 heteroatoms. The Morgan fingerprint density at radius 2 is 2.00 bits per heavy atom. The molecular weight excluding hydrogens is 268 g/mol. The first-order chi connectivity index (χ1) is 10.1. The van der Waals surface area contributed by atoms with Gasteiger partial charge in [0.15, 0.2) is 5.65 Å². The predicted octanol–water partition coefficient (Wildman–Crippen LogP) is 2.72. The first-order valence-electron chi connectivity index (χ1n) is 7.13. The lowest BCUT2D eigenvalue weighted by Gasteiger charge is -2.15. The number of hydrogen-bond acceptors (Lipinski definition) is 5. The Bertz CT molecular complexity index is 617. The Morgan fingerprint density at radius 3 is 2.76 bits per heavy atom. The van der Waals surface area contributed by atoms with E-state index in [0.717, 1.165) is 24.2 Å². The largest absolute Gasteiger partial charge is 0.481 e. The second-order valence-corrected chi connectivity index (χ2v) is 5.31. The number of anilines is 1. The van der Waals surface area contributed by atoms with Crippen LogP contribution in [0.15, 0.2) is 24.5 Å². The summed E-state index contributed by atoms with van der Waals surface area (Å²) in [6, 6.07) is 4.00. The summed E-state index contributed by atoms with van der Waals surface area (Å²) in [4.78, 5) is 23.5. The summed E-state index contributed by atoms with van der Waals surface area (Å²) in [6.07, 6.45) is 5.73. The van der Waals surface area contributed by atoms with Gasteiger partial charge in [-0.05, 0) is 31.9 Å². The van der Waals surface area contributed by atoms with Crippen molar-refractivity contribution in [3.05, 3.63) is 24.5 Å². The normalized spacial score (nSPS) is 13.8. The molecule has 6 nitrogen and oxygen atoms in total. The van der Waals surface area contributed by atoms with Crippen LogP contribution in [-0.2, 0) is 4.79 Å². The monoisotopic (exact) mass is 288 g/mol. The highest BCUT2D eigenvalue weighted by molar-refractivity contribution is 5.71. The fourth-order valence-corrected chi connectivity index (χ4v) is 2.11. The molecule has 21 heavy (non-hydrogen) atoms. The molecule has 2 unspecified atom stereocenters. The van der Waals surface area contributed by atoms with E-state index in [9.17, 15) is 4.79 Å². The number of fused-ring (bicyclic) bond motifs is 1. The van der Waals surface area contributed by atoms with E-state index in [1.165, 1.54) is 0 Å². The first-order valence-corrected chi connectivity index (χ1v) is 7.13. The van der Waals surface area contributed by atoms with Crippen molar-refractivity contribution in [3.8, 4) is 0 Å². The fraction of sp³-hybridized carbons (Fsp3) is 0.467. The number of aliphatic carboxylic acids is 1. The number of nitrogens with zero attached hydrogens (tertiary/aromatic N) is 3. The molecule has 0 bridgehead atoms. The van der Waals surface area contributed by atoms with E-state index < -0.39 is 5.97 Å². The standard InChI is InChI=1S/C15H20N4O2/c1-10(15(20)21)4-3-5-11(2)18-13-7-6-12-14(19-13)17-9-8-16-12/h6-11H,3-5H2,1-2H3,(H,20,21)(H,17,18,19). The zero-order chi connectivity index (χ0) is 15.2. The van der Waals surface area contributed by atoms with Crippen molar-refractivity contribution in [1.82, 2.24) is 15.0 Å². The van der Waals surface area contributed by atoms with Crippen LogP contribution in [0.5, 0.6) is 0 Å². The van der Waals surface area contributed by atoms with Crippen molar-refractivity contribution in [2.45, 2.75) is 39.2 Å². The van der Waals surface area contributed by atoms with E-state index in [-0.39, 0.29) is 12.0 Å². The molecule has 0 amide bonds. The molecule has 0 aliphatic rings. The zero-order valence-electron chi connectivity index (χ0n) is 12.3. The Hall–Kier alpha value is -2.24. The maximum absolute atomic E-state index is 10.8. The van der Waals surface area contributed by atoms with Crippen molar-refractivity contribution in [3.63, 3.8) is 0 Å². The summed E-state index contributed by atoms with van der Waals surface area (Å²) in [6.45, 7) is 3.80. The summed E-state index contributed by atoms with van der Waals surface area (Å²) in [5.41, 5.74) is 1.39. The SMILES string of the molecule is CC(CCCC(C)C(=O)O)Nc1ccc2nccnc2n1. The van der Waals surface area contributed by atoms with Crippen molar-refractivity contribution in [2.24, 2.45) is 5.92 Å². The van der Waals surface area contributed by atoms with Gasteiger partial charge in [-0.25, -0.2) is 9.97 Å². The summed E-state index contributed by atoms with van der Waals surface area (Å²) in [5, 5.41) is 12.2. The lowest BCUT2D eigenvalue weighted by Crippen LogP contribution is -2.17. The minimum Gasteiger partial charge on any atom is -0.481 e. The van der Waals surface area contributed by atoms with Crippen LogP contribution in [0.25, 0.3) is 11.2 Å². The molecule has 0 saturated carbocycles. The molecule has 112 valence electrons. The Balaban J connectivity index is 1.86. The van der Waals surface area contributed by atoms with Crippen molar-refractivity contribution in [1.29, 1.82) is 0 Å². The van der Waals surface area contributed by atoms with Gasteiger partial charge in [0.25, 0.3) is 0 Å².